The minimum absolute atomic E-state index is 0.334. The van der Waals surface area contributed by atoms with Gasteiger partial charge in [-0.05, 0) is 25.1 Å². The molecule has 0 radical (unpaired) electrons. The lowest BCUT2D eigenvalue weighted by molar-refractivity contribution is 0.102. The number of fused-ring (bicyclic) bond motifs is 1. The Morgan fingerprint density at radius 1 is 1.07 bits per heavy atom. The molecule has 0 bridgehead atoms. The summed E-state index contributed by atoms with van der Waals surface area (Å²) >= 11 is 0. The van der Waals surface area contributed by atoms with Crippen LogP contribution in [0.5, 0.6) is 11.5 Å². The number of nitrogens with one attached hydrogen (secondary N) is 2. The quantitative estimate of drug-likeness (QED) is 0.670. The lowest BCUT2D eigenvalue weighted by Crippen LogP contribution is -2.36. The van der Waals surface area contributed by atoms with E-state index in [1.54, 1.807) is 37.3 Å². The van der Waals surface area contributed by atoms with Crippen molar-refractivity contribution in [3.8, 4) is 11.5 Å². The molecule has 0 unspecified atom stereocenters. The van der Waals surface area contributed by atoms with Crippen LogP contribution in [0.15, 0.2) is 46.0 Å². The predicted octanol–water partition coefficient (Wildman–Crippen LogP) is 1.98. The van der Waals surface area contributed by atoms with Gasteiger partial charge in [-0.15, -0.1) is 0 Å². The van der Waals surface area contributed by atoms with Crippen molar-refractivity contribution in [2.24, 2.45) is 0 Å². The highest BCUT2D eigenvalue weighted by atomic mass is 16.5. The Kier molecular flexibility index (Phi) is 4.98. The number of methoxy groups -OCH3 is 2. The number of nitrogens with zero attached hydrogens (tertiary/aromatic N) is 1. The number of ether oxygens (including phenoxy) is 2. The molecule has 0 aliphatic rings. The van der Waals surface area contributed by atoms with Crippen LogP contribution in [-0.2, 0) is 6.54 Å². The van der Waals surface area contributed by atoms with Gasteiger partial charge in [0.1, 0.15) is 11.5 Å². The number of aromatic nitrogens is 2. The number of benzene rings is 2. The third-order valence-corrected chi connectivity index (χ3v) is 4.16. The average molecular weight is 369 g/mol. The predicted molar refractivity (Wildman–Crippen MR) is 102 cm³/mol. The van der Waals surface area contributed by atoms with Gasteiger partial charge in [0.2, 0.25) is 0 Å². The van der Waals surface area contributed by atoms with Crippen LogP contribution < -0.4 is 25.9 Å². The van der Waals surface area contributed by atoms with Crippen molar-refractivity contribution in [3.63, 3.8) is 0 Å². The smallest absolute Gasteiger partial charge is 0.316 e. The fraction of sp³-hybridized carbons (Fsp3) is 0.211. The number of aryl methyl sites for hydroxylation is 1. The summed E-state index contributed by atoms with van der Waals surface area (Å²) in [7, 11) is 3.04. The second-order valence-electron chi connectivity index (χ2n) is 5.79. The zero-order valence-corrected chi connectivity index (χ0v) is 15.2. The molecule has 3 aromatic rings. The van der Waals surface area contributed by atoms with E-state index < -0.39 is 11.1 Å². The van der Waals surface area contributed by atoms with Gasteiger partial charge >= 0.3 is 11.1 Å². The van der Waals surface area contributed by atoms with Gasteiger partial charge in [0.05, 0.1) is 25.3 Å². The number of hydrogen-bond donors (Lipinski definition) is 2. The van der Waals surface area contributed by atoms with Gasteiger partial charge in [-0.3, -0.25) is 14.4 Å². The van der Waals surface area contributed by atoms with Crippen molar-refractivity contribution >= 4 is 22.6 Å². The number of carbonyl (C=O) groups excluding carboxylic acids is 1. The normalized spacial score (nSPS) is 10.6. The van der Waals surface area contributed by atoms with Crippen LogP contribution in [0.2, 0.25) is 0 Å². The number of hydrogen-bond acceptors (Lipinski definition) is 5. The first-order valence-corrected chi connectivity index (χ1v) is 8.28. The monoisotopic (exact) mass is 369 g/mol. The van der Waals surface area contributed by atoms with E-state index in [2.05, 4.69) is 10.3 Å². The number of anilines is 1. The van der Waals surface area contributed by atoms with Crippen LogP contribution in [0.4, 0.5) is 5.69 Å². The lowest BCUT2D eigenvalue weighted by atomic mass is 10.1. The van der Waals surface area contributed by atoms with Crippen LogP contribution in [-0.4, -0.2) is 29.7 Å². The lowest BCUT2D eigenvalue weighted by Gasteiger charge is -2.11. The molecule has 2 aromatic carbocycles. The molecule has 0 spiro atoms. The molecule has 1 heterocycles. The van der Waals surface area contributed by atoms with Crippen molar-refractivity contribution < 1.29 is 14.3 Å². The fourth-order valence-electron chi connectivity index (χ4n) is 2.82. The Morgan fingerprint density at radius 2 is 1.74 bits per heavy atom. The molecule has 8 heteroatoms. The van der Waals surface area contributed by atoms with Gasteiger partial charge in [0.15, 0.2) is 0 Å². The largest absolute Gasteiger partial charge is 0.497 e. The Bertz CT molecular complexity index is 1110. The maximum atomic E-state index is 12.6. The molecule has 0 atom stereocenters. The highest BCUT2D eigenvalue weighted by Gasteiger charge is 2.12. The van der Waals surface area contributed by atoms with Gasteiger partial charge in [-0.2, -0.15) is 0 Å². The standard InChI is InChI=1S/C19H19N3O5/c1-4-22-16-6-5-11(7-15(16)21-18(24)19(22)25)17(23)20-12-8-13(26-2)10-14(9-12)27-3/h5-10H,4H2,1-3H3,(H,20,23)(H,21,24). The molecule has 0 aliphatic heterocycles. The summed E-state index contributed by atoms with van der Waals surface area (Å²) in [5, 5.41) is 2.77. The Morgan fingerprint density at radius 3 is 2.33 bits per heavy atom. The van der Waals surface area contributed by atoms with Gasteiger partial charge in [0.25, 0.3) is 5.91 Å². The minimum atomic E-state index is -0.723. The molecule has 27 heavy (non-hydrogen) atoms. The maximum Gasteiger partial charge on any atom is 0.316 e. The summed E-state index contributed by atoms with van der Waals surface area (Å²) < 4.78 is 11.7. The fourth-order valence-corrected chi connectivity index (χ4v) is 2.82. The van der Waals surface area contributed by atoms with Crippen LogP contribution in [0, 0.1) is 0 Å². The first-order valence-electron chi connectivity index (χ1n) is 8.28. The second-order valence-corrected chi connectivity index (χ2v) is 5.79. The SMILES string of the molecule is CCn1c(=O)c(=O)[nH]c2cc(C(=O)Nc3cc(OC)cc(OC)c3)ccc21. The molecule has 0 aliphatic carbocycles. The molecule has 3 rings (SSSR count). The topological polar surface area (TPSA) is 102 Å². The second kappa shape index (κ2) is 7.36. The Balaban J connectivity index is 1.98. The number of carbonyl (C=O) groups is 1. The zero-order valence-electron chi connectivity index (χ0n) is 15.2. The van der Waals surface area contributed by atoms with Crippen LogP contribution in [0.3, 0.4) is 0 Å². The van der Waals surface area contributed by atoms with E-state index in [0.29, 0.717) is 40.3 Å². The zero-order chi connectivity index (χ0) is 19.6. The molecule has 0 saturated heterocycles. The Hall–Kier alpha value is -3.55. The van der Waals surface area contributed by atoms with E-state index in [4.69, 9.17) is 9.47 Å². The first kappa shape index (κ1) is 18.2. The number of H-pyrrole nitrogens is 1. The van der Waals surface area contributed by atoms with Gasteiger partial charge in [-0.1, -0.05) is 0 Å². The highest BCUT2D eigenvalue weighted by molar-refractivity contribution is 6.06. The van der Waals surface area contributed by atoms with Crippen LogP contribution in [0.1, 0.15) is 17.3 Å². The van der Waals surface area contributed by atoms with Crippen molar-refractivity contribution in [3.05, 3.63) is 62.7 Å². The third kappa shape index (κ3) is 3.55. The summed E-state index contributed by atoms with van der Waals surface area (Å²) in [6, 6.07) is 9.79. The van der Waals surface area contributed by atoms with Gasteiger partial charge < -0.3 is 24.3 Å². The highest BCUT2D eigenvalue weighted by Crippen LogP contribution is 2.26. The molecule has 0 fully saturated rings. The molecular weight excluding hydrogens is 350 g/mol. The molecule has 8 nitrogen and oxygen atoms in total. The van der Waals surface area contributed by atoms with Crippen molar-refractivity contribution in [2.75, 3.05) is 19.5 Å². The minimum Gasteiger partial charge on any atom is -0.497 e. The van der Waals surface area contributed by atoms with Crippen LogP contribution >= 0.6 is 0 Å². The Labute approximate surface area is 154 Å². The molecule has 140 valence electrons. The van der Waals surface area contributed by atoms with Crippen LogP contribution in [0.25, 0.3) is 11.0 Å². The molecular formula is C19H19N3O5. The summed E-state index contributed by atoms with van der Waals surface area (Å²) in [5.41, 5.74) is 0.466. The maximum absolute atomic E-state index is 12.6. The van der Waals surface area contributed by atoms with Gasteiger partial charge in [0, 0.05) is 36.0 Å². The third-order valence-electron chi connectivity index (χ3n) is 4.16. The summed E-state index contributed by atoms with van der Waals surface area (Å²) in [6.45, 7) is 2.13. The van der Waals surface area contributed by atoms with Crippen molar-refractivity contribution in [1.82, 2.24) is 9.55 Å². The van der Waals surface area contributed by atoms with E-state index in [1.165, 1.54) is 24.9 Å². The van der Waals surface area contributed by atoms with Crippen molar-refractivity contribution in [2.45, 2.75) is 13.5 Å². The molecule has 0 saturated carbocycles. The van der Waals surface area contributed by atoms with E-state index in [-0.39, 0.29) is 5.91 Å². The molecule has 1 aromatic heterocycles. The molecule has 1 amide bonds. The summed E-state index contributed by atoms with van der Waals surface area (Å²) in [5.74, 6) is 0.709. The average Bonchev–Trinajstić information content (AvgIpc) is 2.68. The number of aromatic amines is 1. The first-order chi connectivity index (χ1) is 13.0. The van der Waals surface area contributed by atoms with E-state index in [0.717, 1.165) is 0 Å². The van der Waals surface area contributed by atoms with Crippen molar-refractivity contribution in [1.29, 1.82) is 0 Å². The molecule has 2 N–H and O–H groups in total. The van der Waals surface area contributed by atoms with E-state index >= 15 is 0 Å². The number of rotatable bonds is 5. The van der Waals surface area contributed by atoms with Gasteiger partial charge in [-0.25, -0.2) is 0 Å². The summed E-state index contributed by atoms with van der Waals surface area (Å²) in [4.78, 5) is 38.8. The number of amides is 1. The van der Waals surface area contributed by atoms with E-state index in [1.807, 2.05) is 0 Å². The van der Waals surface area contributed by atoms with E-state index in [9.17, 15) is 14.4 Å². The summed E-state index contributed by atoms with van der Waals surface area (Å²) in [6.07, 6.45) is 0.